The Labute approximate surface area is 127 Å². The number of unbranched alkanes of at least 4 members (excludes halogenated alkanes) is 1. The fourth-order valence-electron chi connectivity index (χ4n) is 2.23. The molecule has 0 spiro atoms. The highest BCUT2D eigenvalue weighted by Crippen LogP contribution is 2.22. The zero-order valence-corrected chi connectivity index (χ0v) is 13.7. The number of hydrogen-bond donors (Lipinski definition) is 1. The minimum atomic E-state index is -0.161. The van der Waals surface area contributed by atoms with E-state index in [9.17, 15) is 4.79 Å². The summed E-state index contributed by atoms with van der Waals surface area (Å²) in [7, 11) is 7.36. The predicted octanol–water partition coefficient (Wildman–Crippen LogP) is 2.34. The van der Waals surface area contributed by atoms with Gasteiger partial charge in [0.15, 0.2) is 0 Å². The fourth-order valence-corrected chi connectivity index (χ4v) is 2.23. The molecule has 1 aliphatic rings. The standard InChI is InChI=1S/C16H27N3O2/c1-6-7-12-17-16(20)19(4)13-10-8-9-11-14(21-5)15(13)18(2)3/h8-11,13H,6-7,12H2,1-5H3,(H,17,20). The summed E-state index contributed by atoms with van der Waals surface area (Å²) in [6.45, 7) is 2.81. The molecule has 0 saturated heterocycles. The van der Waals surface area contributed by atoms with Crippen LogP contribution in [0.2, 0.25) is 0 Å². The van der Waals surface area contributed by atoms with Gasteiger partial charge in [-0.15, -0.1) is 0 Å². The summed E-state index contributed by atoms with van der Waals surface area (Å²) < 4.78 is 5.46. The van der Waals surface area contributed by atoms with E-state index in [2.05, 4.69) is 12.2 Å². The number of carbonyl (C=O) groups excluding carboxylic acids is 1. The zero-order valence-electron chi connectivity index (χ0n) is 13.7. The molecule has 0 bridgehead atoms. The summed E-state index contributed by atoms with van der Waals surface area (Å²) in [5.74, 6) is 0.767. The number of carbonyl (C=O) groups is 1. The number of amides is 2. The molecule has 2 amide bonds. The lowest BCUT2D eigenvalue weighted by molar-refractivity contribution is 0.195. The molecule has 0 aromatic carbocycles. The van der Waals surface area contributed by atoms with Crippen molar-refractivity contribution in [1.82, 2.24) is 15.1 Å². The average Bonchev–Trinajstić information content (AvgIpc) is 2.68. The van der Waals surface area contributed by atoms with E-state index in [0.717, 1.165) is 24.3 Å². The highest BCUT2D eigenvalue weighted by molar-refractivity contribution is 5.75. The van der Waals surface area contributed by atoms with E-state index in [0.29, 0.717) is 6.54 Å². The molecule has 0 fully saturated rings. The molecule has 0 aliphatic heterocycles. The van der Waals surface area contributed by atoms with Gasteiger partial charge in [-0.1, -0.05) is 31.6 Å². The number of nitrogens with zero attached hydrogens (tertiary/aromatic N) is 2. The lowest BCUT2D eigenvalue weighted by Gasteiger charge is -2.32. The molecular weight excluding hydrogens is 266 g/mol. The van der Waals surface area contributed by atoms with Crippen molar-refractivity contribution >= 4 is 6.03 Å². The van der Waals surface area contributed by atoms with Gasteiger partial charge in [0.2, 0.25) is 0 Å². The number of allylic oxidation sites excluding steroid dienone is 3. The highest BCUT2D eigenvalue weighted by atomic mass is 16.5. The number of hydrogen-bond acceptors (Lipinski definition) is 3. The Morgan fingerprint density at radius 1 is 1.33 bits per heavy atom. The maximum Gasteiger partial charge on any atom is 0.317 e. The van der Waals surface area contributed by atoms with Gasteiger partial charge in [-0.2, -0.15) is 0 Å². The Morgan fingerprint density at radius 2 is 2.05 bits per heavy atom. The van der Waals surface area contributed by atoms with Gasteiger partial charge in [0.1, 0.15) is 5.76 Å². The van der Waals surface area contributed by atoms with Crippen LogP contribution in [0.5, 0.6) is 0 Å². The van der Waals surface area contributed by atoms with Crippen LogP contribution in [0.25, 0.3) is 0 Å². The smallest absolute Gasteiger partial charge is 0.317 e. The van der Waals surface area contributed by atoms with Crippen LogP contribution in [0.4, 0.5) is 4.79 Å². The van der Waals surface area contributed by atoms with Gasteiger partial charge in [-0.3, -0.25) is 0 Å². The number of urea groups is 1. The van der Waals surface area contributed by atoms with Gasteiger partial charge in [0.25, 0.3) is 0 Å². The van der Waals surface area contributed by atoms with E-state index in [4.69, 9.17) is 4.74 Å². The zero-order chi connectivity index (χ0) is 15.8. The molecular formula is C16H27N3O2. The third-order valence-corrected chi connectivity index (χ3v) is 3.43. The first-order valence-corrected chi connectivity index (χ1v) is 7.33. The second-order valence-electron chi connectivity index (χ2n) is 5.23. The lowest BCUT2D eigenvalue weighted by Crippen LogP contribution is -2.46. The quantitative estimate of drug-likeness (QED) is 0.765. The number of rotatable bonds is 6. The molecule has 0 heterocycles. The third kappa shape index (κ3) is 4.55. The van der Waals surface area contributed by atoms with Crippen LogP contribution in [0.3, 0.4) is 0 Å². The largest absolute Gasteiger partial charge is 0.495 e. The molecule has 1 unspecified atom stereocenters. The van der Waals surface area contributed by atoms with E-state index in [-0.39, 0.29) is 12.1 Å². The van der Waals surface area contributed by atoms with Crippen molar-refractivity contribution in [2.45, 2.75) is 25.8 Å². The first kappa shape index (κ1) is 17.1. The molecule has 1 N–H and O–H groups in total. The summed E-state index contributed by atoms with van der Waals surface area (Å²) >= 11 is 0. The van der Waals surface area contributed by atoms with Crippen molar-refractivity contribution in [1.29, 1.82) is 0 Å². The highest BCUT2D eigenvalue weighted by Gasteiger charge is 2.26. The van der Waals surface area contributed by atoms with Crippen molar-refractivity contribution in [2.75, 3.05) is 34.8 Å². The second kappa shape index (κ2) is 8.39. The topological polar surface area (TPSA) is 44.8 Å². The second-order valence-corrected chi connectivity index (χ2v) is 5.23. The fraction of sp³-hybridized carbons (Fsp3) is 0.562. The van der Waals surface area contributed by atoms with Gasteiger partial charge in [-0.25, -0.2) is 4.79 Å². The van der Waals surface area contributed by atoms with Crippen molar-refractivity contribution in [3.05, 3.63) is 35.8 Å². The number of likely N-dealkylation sites (N-methyl/N-ethyl adjacent to an activating group) is 2. The van der Waals surface area contributed by atoms with Crippen LogP contribution in [0.15, 0.2) is 35.8 Å². The van der Waals surface area contributed by atoms with Crippen molar-refractivity contribution in [3.8, 4) is 0 Å². The molecule has 1 aliphatic carbocycles. The summed E-state index contributed by atoms with van der Waals surface area (Å²) in [5.41, 5.74) is 0.954. The summed E-state index contributed by atoms with van der Waals surface area (Å²) in [6.07, 6.45) is 9.82. The van der Waals surface area contributed by atoms with E-state index >= 15 is 0 Å². The minimum absolute atomic E-state index is 0.0743. The molecule has 5 nitrogen and oxygen atoms in total. The van der Waals surface area contributed by atoms with Gasteiger partial charge < -0.3 is 19.9 Å². The monoisotopic (exact) mass is 293 g/mol. The van der Waals surface area contributed by atoms with Gasteiger partial charge >= 0.3 is 6.03 Å². The first-order valence-electron chi connectivity index (χ1n) is 7.33. The average molecular weight is 293 g/mol. The van der Waals surface area contributed by atoms with E-state index in [1.165, 1.54) is 0 Å². The van der Waals surface area contributed by atoms with Crippen LogP contribution in [-0.4, -0.2) is 56.7 Å². The minimum Gasteiger partial charge on any atom is -0.495 e. The number of methoxy groups -OCH3 is 1. The third-order valence-electron chi connectivity index (χ3n) is 3.43. The first-order chi connectivity index (χ1) is 10.0. The SMILES string of the molecule is CCCCNC(=O)N(C)C1C=CC=CC(OC)=C1N(C)C. The van der Waals surface area contributed by atoms with Crippen molar-refractivity contribution in [2.24, 2.45) is 0 Å². The Morgan fingerprint density at radius 3 is 2.62 bits per heavy atom. The molecule has 5 heteroatoms. The lowest BCUT2D eigenvalue weighted by atomic mass is 10.1. The van der Waals surface area contributed by atoms with Gasteiger partial charge in [-0.05, 0) is 12.5 Å². The van der Waals surface area contributed by atoms with Gasteiger partial charge in [0, 0.05) is 27.7 Å². The Bertz CT molecular complexity index is 439. The molecule has 0 saturated carbocycles. The Kier molecular flexibility index (Phi) is 6.85. The number of ether oxygens (including phenoxy) is 1. The van der Waals surface area contributed by atoms with Crippen LogP contribution in [0.1, 0.15) is 19.8 Å². The van der Waals surface area contributed by atoms with Crippen LogP contribution in [-0.2, 0) is 4.74 Å². The maximum absolute atomic E-state index is 12.3. The van der Waals surface area contributed by atoms with Crippen LogP contribution in [0, 0.1) is 0 Å². The molecule has 0 aromatic rings. The van der Waals surface area contributed by atoms with Gasteiger partial charge in [0.05, 0.1) is 18.8 Å². The molecule has 0 aromatic heterocycles. The molecule has 1 atom stereocenters. The summed E-state index contributed by atoms with van der Waals surface area (Å²) in [5, 5.41) is 2.94. The maximum atomic E-state index is 12.3. The van der Waals surface area contributed by atoms with Crippen LogP contribution >= 0.6 is 0 Å². The number of nitrogens with one attached hydrogen (secondary N) is 1. The van der Waals surface area contributed by atoms with E-state index in [1.54, 1.807) is 19.1 Å². The van der Waals surface area contributed by atoms with Crippen molar-refractivity contribution in [3.63, 3.8) is 0 Å². The van der Waals surface area contributed by atoms with Crippen molar-refractivity contribution < 1.29 is 9.53 Å². The predicted molar refractivity (Wildman–Crippen MR) is 85.9 cm³/mol. The molecule has 21 heavy (non-hydrogen) atoms. The molecule has 118 valence electrons. The van der Waals surface area contributed by atoms with Crippen LogP contribution < -0.4 is 5.32 Å². The van der Waals surface area contributed by atoms with E-state index in [1.807, 2.05) is 43.3 Å². The Hall–Kier alpha value is -1.91. The summed E-state index contributed by atoms with van der Waals surface area (Å²) in [6, 6.07) is -0.235. The Balaban J connectivity index is 2.94. The summed E-state index contributed by atoms with van der Waals surface area (Å²) in [4.78, 5) is 16.0. The normalized spacial score (nSPS) is 17.5. The molecule has 1 rings (SSSR count). The van der Waals surface area contributed by atoms with E-state index < -0.39 is 0 Å². The molecule has 0 radical (unpaired) electrons.